The van der Waals surface area contributed by atoms with Gasteiger partial charge in [-0.25, -0.2) is 0 Å². The first-order valence-electron chi connectivity index (χ1n) is 8.13. The Kier molecular flexibility index (Phi) is 4.73. The fraction of sp³-hybridized carbons (Fsp3) is 0.529. The second-order valence-corrected chi connectivity index (χ2v) is 6.07. The van der Waals surface area contributed by atoms with Crippen molar-refractivity contribution in [2.75, 3.05) is 24.5 Å². The molecule has 2 atom stereocenters. The lowest BCUT2D eigenvalue weighted by Gasteiger charge is -2.33. The minimum absolute atomic E-state index is 0.00588. The number of carbonyl (C=O) groups excluding carboxylic acids is 2. The van der Waals surface area contributed by atoms with Gasteiger partial charge in [0.15, 0.2) is 0 Å². The summed E-state index contributed by atoms with van der Waals surface area (Å²) < 4.78 is 0. The average Bonchev–Trinajstić information content (AvgIpc) is 2.58. The molecule has 2 N–H and O–H groups in total. The molecular weight excluding hydrogens is 278 g/mol. The van der Waals surface area contributed by atoms with Gasteiger partial charge in [-0.3, -0.25) is 9.59 Å². The molecule has 1 aromatic rings. The van der Waals surface area contributed by atoms with E-state index >= 15 is 0 Å². The summed E-state index contributed by atoms with van der Waals surface area (Å²) in [6, 6.07) is 9.29. The van der Waals surface area contributed by atoms with Gasteiger partial charge >= 0.3 is 0 Å². The quantitative estimate of drug-likeness (QED) is 0.884. The zero-order valence-corrected chi connectivity index (χ0v) is 12.8. The van der Waals surface area contributed by atoms with Crippen LogP contribution in [0.4, 0.5) is 5.69 Å². The highest BCUT2D eigenvalue weighted by Gasteiger charge is 2.32. The van der Waals surface area contributed by atoms with Crippen molar-refractivity contribution in [2.24, 2.45) is 5.92 Å². The topological polar surface area (TPSA) is 61.4 Å². The van der Waals surface area contributed by atoms with Crippen LogP contribution in [0.15, 0.2) is 30.3 Å². The van der Waals surface area contributed by atoms with Gasteiger partial charge < -0.3 is 15.5 Å². The second-order valence-electron chi connectivity index (χ2n) is 6.07. The SMILES string of the molecule is O=C(NC1CCCN(c2ccccc2)C1=O)C1CCCNC1. The van der Waals surface area contributed by atoms with E-state index in [1.807, 2.05) is 30.3 Å². The summed E-state index contributed by atoms with van der Waals surface area (Å²) in [4.78, 5) is 26.8. The van der Waals surface area contributed by atoms with Crippen LogP contribution in [-0.4, -0.2) is 37.5 Å². The third-order valence-corrected chi connectivity index (χ3v) is 4.49. The summed E-state index contributed by atoms with van der Waals surface area (Å²) in [5.74, 6) is 0.0173. The fourth-order valence-electron chi connectivity index (χ4n) is 3.24. The van der Waals surface area contributed by atoms with Crippen LogP contribution in [0.5, 0.6) is 0 Å². The molecule has 2 aliphatic heterocycles. The molecule has 5 nitrogen and oxygen atoms in total. The third kappa shape index (κ3) is 3.30. The molecule has 22 heavy (non-hydrogen) atoms. The summed E-state index contributed by atoms with van der Waals surface area (Å²) >= 11 is 0. The fourth-order valence-corrected chi connectivity index (χ4v) is 3.24. The van der Waals surface area contributed by atoms with Gasteiger partial charge in [-0.1, -0.05) is 18.2 Å². The van der Waals surface area contributed by atoms with Gasteiger partial charge in [-0.15, -0.1) is 0 Å². The number of anilines is 1. The Hall–Kier alpha value is -1.88. The molecule has 0 aliphatic carbocycles. The van der Waals surface area contributed by atoms with Gasteiger partial charge in [-0.05, 0) is 44.4 Å². The molecule has 3 rings (SSSR count). The van der Waals surface area contributed by atoms with Crippen molar-refractivity contribution in [3.05, 3.63) is 30.3 Å². The molecule has 2 unspecified atom stereocenters. The van der Waals surface area contributed by atoms with E-state index in [-0.39, 0.29) is 23.8 Å². The Labute approximate surface area is 131 Å². The van der Waals surface area contributed by atoms with Crippen molar-refractivity contribution in [3.8, 4) is 0 Å². The van der Waals surface area contributed by atoms with Crippen molar-refractivity contribution in [1.29, 1.82) is 0 Å². The van der Waals surface area contributed by atoms with Crippen LogP contribution in [0, 0.1) is 5.92 Å². The monoisotopic (exact) mass is 301 g/mol. The standard InChI is InChI=1S/C17H23N3O2/c21-16(13-6-4-10-18-12-13)19-15-9-5-11-20(17(15)22)14-7-2-1-3-8-14/h1-3,7-8,13,15,18H,4-6,9-12H2,(H,19,21). The predicted molar refractivity (Wildman–Crippen MR) is 85.6 cm³/mol. The first kappa shape index (κ1) is 15.0. The molecule has 2 fully saturated rings. The van der Waals surface area contributed by atoms with Crippen LogP contribution in [0.2, 0.25) is 0 Å². The van der Waals surface area contributed by atoms with E-state index in [2.05, 4.69) is 10.6 Å². The second kappa shape index (κ2) is 6.92. The van der Waals surface area contributed by atoms with E-state index in [1.54, 1.807) is 4.90 Å². The van der Waals surface area contributed by atoms with Gasteiger partial charge in [-0.2, -0.15) is 0 Å². The van der Waals surface area contributed by atoms with Crippen molar-refractivity contribution in [3.63, 3.8) is 0 Å². The molecule has 0 spiro atoms. The van der Waals surface area contributed by atoms with Crippen molar-refractivity contribution in [1.82, 2.24) is 10.6 Å². The first-order chi connectivity index (χ1) is 10.8. The van der Waals surface area contributed by atoms with Crippen LogP contribution in [0.25, 0.3) is 0 Å². The molecule has 0 saturated carbocycles. The minimum atomic E-state index is -0.386. The Morgan fingerprint density at radius 2 is 2.00 bits per heavy atom. The zero-order chi connectivity index (χ0) is 15.4. The summed E-state index contributed by atoms with van der Waals surface area (Å²) in [7, 11) is 0. The molecule has 118 valence electrons. The molecule has 2 amide bonds. The summed E-state index contributed by atoms with van der Waals surface area (Å²) in [6.07, 6.45) is 3.57. The lowest BCUT2D eigenvalue weighted by atomic mass is 9.97. The molecule has 5 heteroatoms. The highest BCUT2D eigenvalue weighted by molar-refractivity contribution is 6.00. The molecule has 2 aliphatic rings. The van der Waals surface area contributed by atoms with Crippen LogP contribution in [0.3, 0.4) is 0 Å². The molecule has 0 radical (unpaired) electrons. The highest BCUT2D eigenvalue weighted by Crippen LogP contribution is 2.21. The maximum absolute atomic E-state index is 12.6. The van der Waals surface area contributed by atoms with Crippen molar-refractivity contribution in [2.45, 2.75) is 31.7 Å². The zero-order valence-electron chi connectivity index (χ0n) is 12.8. The summed E-state index contributed by atoms with van der Waals surface area (Å²) in [5.41, 5.74) is 0.908. The molecule has 1 aromatic carbocycles. The average molecular weight is 301 g/mol. The van der Waals surface area contributed by atoms with E-state index in [0.29, 0.717) is 0 Å². The number of hydrogen-bond acceptors (Lipinski definition) is 3. The Morgan fingerprint density at radius 1 is 1.18 bits per heavy atom. The number of hydrogen-bond donors (Lipinski definition) is 2. The van der Waals surface area contributed by atoms with E-state index in [4.69, 9.17) is 0 Å². The summed E-state index contributed by atoms with van der Waals surface area (Å²) in [5, 5.41) is 6.21. The smallest absolute Gasteiger partial charge is 0.249 e. The molecule has 0 aromatic heterocycles. The number of para-hydroxylation sites is 1. The Morgan fingerprint density at radius 3 is 2.73 bits per heavy atom. The first-order valence-corrected chi connectivity index (χ1v) is 8.13. The van der Waals surface area contributed by atoms with Gasteiger partial charge in [0.2, 0.25) is 11.8 Å². The van der Waals surface area contributed by atoms with Crippen molar-refractivity contribution < 1.29 is 9.59 Å². The lowest BCUT2D eigenvalue weighted by Crippen LogP contribution is -2.54. The lowest BCUT2D eigenvalue weighted by molar-refractivity contribution is -0.131. The number of nitrogens with one attached hydrogen (secondary N) is 2. The maximum atomic E-state index is 12.6. The van der Waals surface area contributed by atoms with E-state index in [1.165, 1.54) is 0 Å². The molecule has 2 saturated heterocycles. The Bertz CT molecular complexity index is 526. The molecule has 0 bridgehead atoms. The van der Waals surface area contributed by atoms with Gasteiger partial charge in [0.1, 0.15) is 6.04 Å². The number of piperidine rings is 2. The normalized spacial score (nSPS) is 25.8. The minimum Gasteiger partial charge on any atom is -0.344 e. The van der Waals surface area contributed by atoms with Gasteiger partial charge in [0.25, 0.3) is 0 Å². The highest BCUT2D eigenvalue weighted by atomic mass is 16.2. The number of carbonyl (C=O) groups is 2. The van der Waals surface area contributed by atoms with E-state index in [9.17, 15) is 9.59 Å². The van der Waals surface area contributed by atoms with Crippen LogP contribution >= 0.6 is 0 Å². The summed E-state index contributed by atoms with van der Waals surface area (Å²) in [6.45, 7) is 2.42. The third-order valence-electron chi connectivity index (χ3n) is 4.49. The molecule has 2 heterocycles. The largest absolute Gasteiger partial charge is 0.344 e. The number of amides is 2. The van der Waals surface area contributed by atoms with Gasteiger partial charge in [0.05, 0.1) is 5.92 Å². The maximum Gasteiger partial charge on any atom is 0.249 e. The van der Waals surface area contributed by atoms with Crippen LogP contribution in [-0.2, 0) is 9.59 Å². The van der Waals surface area contributed by atoms with Crippen molar-refractivity contribution >= 4 is 17.5 Å². The molecular formula is C17H23N3O2. The predicted octanol–water partition coefficient (Wildman–Crippen LogP) is 1.30. The van der Waals surface area contributed by atoms with Crippen LogP contribution in [0.1, 0.15) is 25.7 Å². The van der Waals surface area contributed by atoms with Crippen LogP contribution < -0.4 is 15.5 Å². The number of benzene rings is 1. The van der Waals surface area contributed by atoms with E-state index in [0.717, 1.165) is 51.0 Å². The number of rotatable bonds is 3. The Balaban J connectivity index is 1.64. The van der Waals surface area contributed by atoms with Gasteiger partial charge in [0, 0.05) is 18.8 Å². The number of nitrogens with zero attached hydrogens (tertiary/aromatic N) is 1. The van der Waals surface area contributed by atoms with E-state index < -0.39 is 0 Å².